The molecule has 0 heterocycles. The van der Waals surface area contributed by atoms with Crippen molar-refractivity contribution in [3.05, 3.63) is 0 Å². The second-order valence-electron chi connectivity index (χ2n) is 2.30. The van der Waals surface area contributed by atoms with Gasteiger partial charge in [0.2, 0.25) is 0 Å². The van der Waals surface area contributed by atoms with Gasteiger partial charge in [-0.05, 0) is 0 Å². The Balaban J connectivity index is 3.82. The van der Waals surface area contributed by atoms with E-state index >= 15 is 0 Å². The number of amides is 1. The van der Waals surface area contributed by atoms with Crippen molar-refractivity contribution < 1.29 is 4.79 Å². The van der Waals surface area contributed by atoms with Crippen LogP contribution >= 0.6 is 0 Å². The Morgan fingerprint density at radius 3 is 2.00 bits per heavy atom. The molecule has 2 nitrogen and oxygen atoms in total. The topological polar surface area (TPSA) is 29.1 Å². The first kappa shape index (κ1) is 8.27. The maximum absolute atomic E-state index is 10.8. The van der Waals surface area contributed by atoms with Crippen molar-refractivity contribution in [2.24, 2.45) is 0 Å². The molecule has 0 fully saturated rings. The van der Waals surface area contributed by atoms with Crippen molar-refractivity contribution in [3.63, 3.8) is 0 Å². The summed E-state index contributed by atoms with van der Waals surface area (Å²) in [5.74, 6) is 0.139. The molecule has 0 aromatic heterocycles. The summed E-state index contributed by atoms with van der Waals surface area (Å²) in [5, 5.41) is 2.60. The molecule has 0 aliphatic carbocycles. The zero-order valence-electron chi connectivity index (χ0n) is 5.49. The fourth-order valence-electron chi connectivity index (χ4n) is 0.322. The van der Waals surface area contributed by atoms with E-state index in [0.29, 0.717) is 0 Å². The molecular weight excluding hydrogens is 209 g/mol. The van der Waals surface area contributed by atoms with E-state index in [1.54, 1.807) is 7.05 Å². The van der Waals surface area contributed by atoms with Crippen LogP contribution in [0.15, 0.2) is 0 Å². The normalized spacial score (nSPS) is 11.0. The van der Waals surface area contributed by atoms with E-state index in [1.165, 1.54) is 0 Å². The van der Waals surface area contributed by atoms with Gasteiger partial charge in [-0.1, -0.05) is 0 Å². The van der Waals surface area contributed by atoms with Crippen LogP contribution in [0.25, 0.3) is 0 Å². The summed E-state index contributed by atoms with van der Waals surface area (Å²) < 4.78 is -0.111. The zero-order chi connectivity index (χ0) is 6.78. The first-order chi connectivity index (χ1) is 3.48. The Hall–Kier alpha value is 0.269. The molecule has 46 valence electrons. The van der Waals surface area contributed by atoms with Crippen molar-refractivity contribution in [3.8, 4) is 0 Å². The van der Waals surface area contributed by atoms with Gasteiger partial charge < -0.3 is 0 Å². The molecule has 0 bridgehead atoms. The molecule has 1 N–H and O–H groups in total. The van der Waals surface area contributed by atoms with Crippen LogP contribution in [-0.4, -0.2) is 35.5 Å². The third-order valence-corrected chi connectivity index (χ3v) is 1.56. The predicted molar refractivity (Wildman–Crippen MR) is 35.3 cm³/mol. The molecule has 0 saturated heterocycles. The molecule has 8 heavy (non-hydrogen) atoms. The molecular formula is C5H11NOSn. The molecule has 0 atom stereocenters. The van der Waals surface area contributed by atoms with Crippen molar-refractivity contribution in [1.82, 2.24) is 5.32 Å². The third kappa shape index (κ3) is 2.55. The van der Waals surface area contributed by atoms with Crippen LogP contribution in [0.3, 0.4) is 0 Å². The van der Waals surface area contributed by atoms with Gasteiger partial charge in [-0.3, -0.25) is 0 Å². The first-order valence-electron chi connectivity index (χ1n) is 2.49. The fraction of sp³-hybridized carbons (Fsp3) is 0.800. The van der Waals surface area contributed by atoms with E-state index in [-0.39, 0.29) is 9.34 Å². The van der Waals surface area contributed by atoms with Gasteiger partial charge in [0.25, 0.3) is 0 Å². The van der Waals surface area contributed by atoms with Crippen LogP contribution in [0.1, 0.15) is 13.8 Å². The fourth-order valence-corrected chi connectivity index (χ4v) is 0.734. The average molecular weight is 220 g/mol. The van der Waals surface area contributed by atoms with E-state index in [2.05, 4.69) is 5.32 Å². The van der Waals surface area contributed by atoms with Gasteiger partial charge in [0, 0.05) is 0 Å². The number of hydrogen-bond donors (Lipinski definition) is 1. The molecule has 0 aromatic carbocycles. The summed E-state index contributed by atoms with van der Waals surface area (Å²) in [6, 6.07) is 0. The van der Waals surface area contributed by atoms with E-state index in [9.17, 15) is 4.79 Å². The molecule has 0 saturated carbocycles. The van der Waals surface area contributed by atoms with Gasteiger partial charge in [0.1, 0.15) is 0 Å². The van der Waals surface area contributed by atoms with E-state index in [0.717, 1.165) is 22.5 Å². The molecule has 0 aliphatic heterocycles. The quantitative estimate of drug-likeness (QED) is 0.610. The van der Waals surface area contributed by atoms with E-state index < -0.39 is 0 Å². The van der Waals surface area contributed by atoms with Crippen LogP contribution in [0.2, 0.25) is 3.43 Å². The number of nitrogens with one attached hydrogen (secondary N) is 1. The van der Waals surface area contributed by atoms with Crippen molar-refractivity contribution >= 4 is 28.4 Å². The van der Waals surface area contributed by atoms with Gasteiger partial charge in [0.15, 0.2) is 0 Å². The van der Waals surface area contributed by atoms with E-state index in [4.69, 9.17) is 0 Å². The summed E-state index contributed by atoms with van der Waals surface area (Å²) in [7, 11) is 1.67. The number of carbonyl (C=O) groups is 1. The molecule has 0 rings (SSSR count). The standard InChI is InChI=1S/C5H10NO.Sn.H/c1-4(2)5(7)6-3;;/h1-3H3,(H,6,7);;. The second-order valence-corrected chi connectivity index (χ2v) is 6.42. The molecule has 0 aromatic rings. The summed E-state index contributed by atoms with van der Waals surface area (Å²) in [6.07, 6.45) is 0. The first-order valence-corrected chi connectivity index (χ1v) is 4.14. The Kier molecular flexibility index (Phi) is 2.80. The third-order valence-electron chi connectivity index (χ3n) is 0.812. The Labute approximate surface area is 63.1 Å². The summed E-state index contributed by atoms with van der Waals surface area (Å²) >= 11 is 0.972. The van der Waals surface area contributed by atoms with Crippen LogP contribution in [0.4, 0.5) is 0 Å². The molecule has 0 aliphatic rings. The number of hydrogen-bond acceptors (Lipinski definition) is 1. The number of rotatable bonds is 1. The zero-order valence-corrected chi connectivity index (χ0v) is 8.78. The molecule has 2 radical (unpaired) electrons. The summed E-state index contributed by atoms with van der Waals surface area (Å²) in [6.45, 7) is 3.88. The van der Waals surface area contributed by atoms with Crippen LogP contribution < -0.4 is 5.32 Å². The number of carbonyl (C=O) groups excluding carboxylic acids is 1. The Morgan fingerprint density at radius 1 is 1.62 bits per heavy atom. The van der Waals surface area contributed by atoms with E-state index in [1.807, 2.05) is 13.8 Å². The Bertz CT molecular complexity index is 95.1. The van der Waals surface area contributed by atoms with Gasteiger partial charge in [-0.25, -0.2) is 0 Å². The molecule has 3 heteroatoms. The molecule has 0 spiro atoms. The van der Waals surface area contributed by atoms with Crippen molar-refractivity contribution in [2.75, 3.05) is 7.05 Å². The minimum atomic E-state index is -0.111. The summed E-state index contributed by atoms with van der Waals surface area (Å²) in [5.41, 5.74) is 0. The van der Waals surface area contributed by atoms with Gasteiger partial charge in [-0.2, -0.15) is 0 Å². The average Bonchev–Trinajstić information content (AvgIpc) is 1.62. The predicted octanol–water partition coefficient (Wildman–Crippen LogP) is -0.168. The summed E-state index contributed by atoms with van der Waals surface area (Å²) in [4.78, 5) is 10.8. The van der Waals surface area contributed by atoms with Gasteiger partial charge >= 0.3 is 62.9 Å². The minimum absolute atomic E-state index is 0.111. The SMILES string of the molecule is CNC(=O)[C](C)(C)[SnH]. The van der Waals surface area contributed by atoms with Crippen LogP contribution in [0.5, 0.6) is 0 Å². The Morgan fingerprint density at radius 2 is 2.00 bits per heavy atom. The van der Waals surface area contributed by atoms with Crippen LogP contribution in [0, 0.1) is 0 Å². The molecule has 0 unspecified atom stereocenters. The second kappa shape index (κ2) is 2.71. The monoisotopic (exact) mass is 221 g/mol. The van der Waals surface area contributed by atoms with Crippen LogP contribution in [-0.2, 0) is 4.79 Å². The van der Waals surface area contributed by atoms with Gasteiger partial charge in [-0.15, -0.1) is 0 Å². The van der Waals surface area contributed by atoms with Crippen molar-refractivity contribution in [2.45, 2.75) is 17.3 Å². The maximum atomic E-state index is 10.8. The molecule has 1 amide bonds. The van der Waals surface area contributed by atoms with Gasteiger partial charge in [0.05, 0.1) is 0 Å². The van der Waals surface area contributed by atoms with Crippen molar-refractivity contribution in [1.29, 1.82) is 0 Å².